The minimum Gasteiger partial charge on any atom is -0.377 e. The predicted molar refractivity (Wildman–Crippen MR) is 97.0 cm³/mol. The summed E-state index contributed by atoms with van der Waals surface area (Å²) < 4.78 is 6.00. The van der Waals surface area contributed by atoms with Gasteiger partial charge in [-0.1, -0.05) is 94.8 Å². The summed E-state index contributed by atoms with van der Waals surface area (Å²) in [6.45, 7) is 3.85. The maximum atomic E-state index is 5.81. The Morgan fingerprint density at radius 1 is 1.00 bits per heavy atom. The topological polar surface area (TPSA) is 9.23 Å². The molecule has 1 nitrogen and oxygen atoms in total. The lowest BCUT2D eigenvalue weighted by Crippen LogP contribution is -1.99. The predicted octanol–water partition coefficient (Wildman–Crippen LogP) is 6.30. The van der Waals surface area contributed by atoms with Crippen molar-refractivity contribution in [1.29, 1.82) is 0 Å². The molecule has 1 saturated carbocycles. The molecular formula is C18H26Br2O. The second-order valence-corrected chi connectivity index (χ2v) is 9.75. The molecule has 2 rings (SSSR count). The molecule has 0 bridgehead atoms. The molecule has 0 saturated heterocycles. The Labute approximate surface area is 146 Å². The van der Waals surface area contributed by atoms with E-state index in [1.54, 1.807) is 0 Å². The third-order valence-electron chi connectivity index (χ3n) is 4.42. The van der Waals surface area contributed by atoms with E-state index in [0.29, 0.717) is 0 Å². The zero-order valence-electron chi connectivity index (χ0n) is 12.9. The number of rotatable bonds is 10. The van der Waals surface area contributed by atoms with Crippen LogP contribution in [0.5, 0.6) is 0 Å². The van der Waals surface area contributed by atoms with Gasteiger partial charge in [0.1, 0.15) is 0 Å². The summed E-state index contributed by atoms with van der Waals surface area (Å²) in [5.74, 6) is 1.49. The average molecular weight is 418 g/mol. The molecule has 0 amide bonds. The van der Waals surface area contributed by atoms with Gasteiger partial charge >= 0.3 is 0 Å². The van der Waals surface area contributed by atoms with E-state index in [4.69, 9.17) is 4.74 Å². The second-order valence-electron chi connectivity index (χ2n) is 6.06. The van der Waals surface area contributed by atoms with Crippen LogP contribution < -0.4 is 0 Å². The monoisotopic (exact) mass is 416 g/mol. The first-order valence-electron chi connectivity index (χ1n) is 8.15. The fraction of sp³-hybridized carbons (Fsp3) is 0.667. The molecule has 2 atom stereocenters. The van der Waals surface area contributed by atoms with Gasteiger partial charge in [0.2, 0.25) is 0 Å². The van der Waals surface area contributed by atoms with Gasteiger partial charge in [-0.25, -0.2) is 0 Å². The van der Waals surface area contributed by atoms with Crippen molar-refractivity contribution in [3.8, 4) is 0 Å². The molecule has 1 aliphatic rings. The van der Waals surface area contributed by atoms with E-state index in [2.05, 4.69) is 63.0 Å². The van der Waals surface area contributed by atoms with Crippen LogP contribution in [0.2, 0.25) is 0 Å². The van der Waals surface area contributed by atoms with Crippen LogP contribution in [-0.4, -0.2) is 9.84 Å². The summed E-state index contributed by atoms with van der Waals surface area (Å²) >= 11 is 7.69. The van der Waals surface area contributed by atoms with Gasteiger partial charge in [0.15, 0.2) is 0 Å². The van der Waals surface area contributed by atoms with Gasteiger partial charge in [0.05, 0.1) is 9.84 Å². The van der Waals surface area contributed by atoms with Crippen molar-refractivity contribution in [1.82, 2.24) is 0 Å². The minimum absolute atomic E-state index is 0.183. The van der Waals surface area contributed by atoms with Crippen LogP contribution in [0.25, 0.3) is 0 Å². The molecule has 0 spiro atoms. The number of benzene rings is 1. The van der Waals surface area contributed by atoms with Crippen molar-refractivity contribution in [3.63, 3.8) is 0 Å². The highest BCUT2D eigenvalue weighted by Crippen LogP contribution is 2.65. The van der Waals surface area contributed by atoms with Crippen molar-refractivity contribution in [2.45, 2.75) is 55.3 Å². The van der Waals surface area contributed by atoms with Crippen molar-refractivity contribution in [3.05, 3.63) is 35.9 Å². The van der Waals surface area contributed by atoms with Crippen LogP contribution in [0.1, 0.15) is 51.0 Å². The molecule has 118 valence electrons. The fourth-order valence-corrected chi connectivity index (χ4v) is 4.94. The maximum absolute atomic E-state index is 5.81. The molecule has 3 heteroatoms. The van der Waals surface area contributed by atoms with Crippen molar-refractivity contribution in [2.75, 3.05) is 6.61 Å². The number of halogens is 2. The molecule has 0 aromatic heterocycles. The van der Waals surface area contributed by atoms with Gasteiger partial charge in [-0.15, -0.1) is 0 Å². The SMILES string of the molecule is CCCCCCC1C(CCOCc2ccccc2)C1(Br)Br. The van der Waals surface area contributed by atoms with E-state index in [1.165, 1.54) is 37.7 Å². The first kappa shape index (κ1) is 17.5. The molecule has 1 aliphatic carbocycles. The summed E-state index contributed by atoms with van der Waals surface area (Å²) in [6, 6.07) is 10.4. The summed E-state index contributed by atoms with van der Waals surface area (Å²) in [7, 11) is 0. The Morgan fingerprint density at radius 2 is 1.71 bits per heavy atom. The van der Waals surface area contributed by atoms with Crippen LogP contribution >= 0.6 is 31.9 Å². The van der Waals surface area contributed by atoms with Crippen LogP contribution in [0.3, 0.4) is 0 Å². The fourth-order valence-electron chi connectivity index (χ4n) is 3.01. The molecule has 0 radical (unpaired) electrons. The molecular weight excluding hydrogens is 392 g/mol. The lowest BCUT2D eigenvalue weighted by Gasteiger charge is -2.04. The molecule has 1 fully saturated rings. The van der Waals surface area contributed by atoms with E-state index < -0.39 is 0 Å². The summed E-state index contributed by atoms with van der Waals surface area (Å²) in [5, 5.41) is 0. The van der Waals surface area contributed by atoms with Gasteiger partial charge in [-0.3, -0.25) is 0 Å². The lowest BCUT2D eigenvalue weighted by molar-refractivity contribution is 0.114. The summed E-state index contributed by atoms with van der Waals surface area (Å²) in [5.41, 5.74) is 1.26. The van der Waals surface area contributed by atoms with Crippen LogP contribution in [-0.2, 0) is 11.3 Å². The van der Waals surface area contributed by atoms with Gasteiger partial charge in [0, 0.05) is 6.61 Å². The Hall–Kier alpha value is 0.140. The second kappa shape index (κ2) is 8.69. The molecule has 1 aromatic carbocycles. The van der Waals surface area contributed by atoms with Crippen LogP contribution in [0, 0.1) is 11.8 Å². The Balaban J connectivity index is 1.60. The van der Waals surface area contributed by atoms with E-state index in [0.717, 1.165) is 31.5 Å². The van der Waals surface area contributed by atoms with E-state index in [1.807, 2.05) is 6.07 Å². The third kappa shape index (κ3) is 5.37. The smallest absolute Gasteiger partial charge is 0.0869 e. The zero-order valence-corrected chi connectivity index (χ0v) is 16.0. The Morgan fingerprint density at radius 3 is 2.43 bits per heavy atom. The molecule has 21 heavy (non-hydrogen) atoms. The first-order chi connectivity index (χ1) is 10.2. The maximum Gasteiger partial charge on any atom is 0.0869 e. The molecule has 2 unspecified atom stereocenters. The highest BCUT2D eigenvalue weighted by molar-refractivity contribution is 9.25. The van der Waals surface area contributed by atoms with Gasteiger partial charge in [-0.05, 0) is 30.2 Å². The van der Waals surface area contributed by atoms with E-state index in [-0.39, 0.29) is 3.23 Å². The van der Waals surface area contributed by atoms with Crippen molar-refractivity contribution < 1.29 is 4.74 Å². The third-order valence-corrected chi connectivity index (χ3v) is 6.77. The molecule has 0 aliphatic heterocycles. The Kier molecular flexibility index (Phi) is 7.24. The highest BCUT2D eigenvalue weighted by Gasteiger charge is 2.60. The number of hydrogen-bond donors (Lipinski definition) is 0. The standard InChI is InChI=1S/C18H26Br2O/c1-2-3-4-8-11-16-17(18(16,19)20)12-13-21-14-15-9-6-5-7-10-15/h5-7,9-10,16-17H,2-4,8,11-14H2,1H3. The van der Waals surface area contributed by atoms with Crippen LogP contribution in [0.4, 0.5) is 0 Å². The number of hydrogen-bond acceptors (Lipinski definition) is 1. The van der Waals surface area contributed by atoms with Crippen molar-refractivity contribution >= 4 is 31.9 Å². The first-order valence-corrected chi connectivity index (χ1v) is 9.74. The zero-order chi connectivity index (χ0) is 15.1. The molecule has 1 aromatic rings. The lowest BCUT2D eigenvalue weighted by atomic mass is 10.1. The number of alkyl halides is 2. The normalized spacial score (nSPS) is 23.2. The quantitative estimate of drug-likeness (QED) is 0.320. The highest BCUT2D eigenvalue weighted by atomic mass is 79.9. The molecule has 0 heterocycles. The largest absolute Gasteiger partial charge is 0.377 e. The minimum atomic E-state index is 0.183. The van der Waals surface area contributed by atoms with Gasteiger partial charge in [-0.2, -0.15) is 0 Å². The average Bonchev–Trinajstić information content (AvgIpc) is 3.01. The summed E-state index contributed by atoms with van der Waals surface area (Å²) in [4.78, 5) is 0. The van der Waals surface area contributed by atoms with Gasteiger partial charge in [0.25, 0.3) is 0 Å². The van der Waals surface area contributed by atoms with Crippen LogP contribution in [0.15, 0.2) is 30.3 Å². The Bertz CT molecular complexity index is 405. The van der Waals surface area contributed by atoms with Crippen molar-refractivity contribution in [2.24, 2.45) is 11.8 Å². The molecule has 0 N–H and O–H groups in total. The number of unbranched alkanes of at least 4 members (excludes halogenated alkanes) is 3. The number of ether oxygens (including phenoxy) is 1. The van der Waals surface area contributed by atoms with E-state index in [9.17, 15) is 0 Å². The van der Waals surface area contributed by atoms with E-state index >= 15 is 0 Å². The van der Waals surface area contributed by atoms with Gasteiger partial charge < -0.3 is 4.74 Å². The summed E-state index contributed by atoms with van der Waals surface area (Å²) in [6.07, 6.45) is 7.89.